The number of nitrogens with one attached hydrogen (secondary N) is 1. The Hall–Kier alpha value is -3.96. The zero-order valence-electron chi connectivity index (χ0n) is 21.6. The largest absolute Gasteiger partial charge is 0.345 e. The average molecular weight is 492 g/mol. The van der Waals surface area contributed by atoms with E-state index in [4.69, 9.17) is 0 Å². The van der Waals surface area contributed by atoms with Crippen LogP contribution in [0.1, 0.15) is 54.8 Å². The van der Waals surface area contributed by atoms with E-state index in [1.54, 1.807) is 4.57 Å². The molecular weight excluding hydrogens is 458 g/mol. The number of fused-ring (bicyclic) bond motifs is 1. The summed E-state index contributed by atoms with van der Waals surface area (Å²) in [6.45, 7) is 6.83. The van der Waals surface area contributed by atoms with Crippen LogP contribution in [0.5, 0.6) is 0 Å². The molecule has 1 aliphatic heterocycles. The molecule has 5 nitrogen and oxygen atoms in total. The summed E-state index contributed by atoms with van der Waals surface area (Å²) in [6.07, 6.45) is 5.11. The van der Waals surface area contributed by atoms with Gasteiger partial charge >= 0.3 is 0 Å². The Bertz CT molecular complexity index is 1480. The van der Waals surface area contributed by atoms with Crippen molar-refractivity contribution in [3.05, 3.63) is 124 Å². The van der Waals surface area contributed by atoms with Gasteiger partial charge in [0, 0.05) is 35.1 Å². The molecule has 37 heavy (non-hydrogen) atoms. The SMILES string of the molecule is CCC(NC(=O)c1c(CN2C(C)C=C[C@@H]2C)n(-c2ccccc2)c(=O)c2ccccc12)c1ccccc1. The number of benzene rings is 3. The summed E-state index contributed by atoms with van der Waals surface area (Å²) in [5.74, 6) is -0.168. The highest BCUT2D eigenvalue weighted by Gasteiger charge is 2.29. The first kappa shape index (κ1) is 24.7. The van der Waals surface area contributed by atoms with Crippen LogP contribution in [0.3, 0.4) is 0 Å². The Morgan fingerprint density at radius 2 is 1.41 bits per heavy atom. The van der Waals surface area contributed by atoms with Crippen molar-refractivity contribution in [3.63, 3.8) is 0 Å². The molecule has 1 aliphatic rings. The molecule has 1 amide bonds. The lowest BCUT2D eigenvalue weighted by molar-refractivity contribution is 0.0933. The van der Waals surface area contributed by atoms with E-state index in [0.717, 1.165) is 17.7 Å². The molecule has 0 bridgehead atoms. The molecular formula is C32H33N3O2. The third-order valence-electron chi connectivity index (χ3n) is 7.39. The van der Waals surface area contributed by atoms with Gasteiger partial charge in [-0.2, -0.15) is 0 Å². The van der Waals surface area contributed by atoms with Crippen molar-refractivity contribution < 1.29 is 4.79 Å². The van der Waals surface area contributed by atoms with Gasteiger partial charge in [-0.25, -0.2) is 0 Å². The van der Waals surface area contributed by atoms with E-state index in [1.165, 1.54) is 0 Å². The highest BCUT2D eigenvalue weighted by Crippen LogP contribution is 2.28. The molecule has 3 aromatic carbocycles. The van der Waals surface area contributed by atoms with E-state index in [2.05, 4.69) is 43.1 Å². The van der Waals surface area contributed by atoms with E-state index in [1.807, 2.05) is 84.9 Å². The zero-order valence-corrected chi connectivity index (χ0v) is 21.6. The zero-order chi connectivity index (χ0) is 25.9. The van der Waals surface area contributed by atoms with Crippen LogP contribution in [-0.2, 0) is 6.54 Å². The molecule has 1 N–H and O–H groups in total. The van der Waals surface area contributed by atoms with Gasteiger partial charge in [-0.1, -0.05) is 85.8 Å². The summed E-state index contributed by atoms with van der Waals surface area (Å²) in [7, 11) is 0. The minimum Gasteiger partial charge on any atom is -0.345 e. The minimum absolute atomic E-state index is 0.115. The first-order valence-electron chi connectivity index (χ1n) is 13.0. The summed E-state index contributed by atoms with van der Waals surface area (Å²) < 4.78 is 1.73. The van der Waals surface area contributed by atoms with Crippen LogP contribution >= 0.6 is 0 Å². The van der Waals surface area contributed by atoms with Gasteiger partial charge < -0.3 is 5.32 Å². The maximum absolute atomic E-state index is 14.2. The third kappa shape index (κ3) is 4.75. The van der Waals surface area contributed by atoms with Crippen LogP contribution in [0, 0.1) is 0 Å². The topological polar surface area (TPSA) is 54.3 Å². The van der Waals surface area contributed by atoms with Gasteiger partial charge in [0.1, 0.15) is 0 Å². The van der Waals surface area contributed by atoms with Crippen molar-refractivity contribution in [2.24, 2.45) is 0 Å². The van der Waals surface area contributed by atoms with Gasteiger partial charge in [0.25, 0.3) is 11.5 Å². The smallest absolute Gasteiger partial charge is 0.263 e. The second-order valence-electron chi connectivity index (χ2n) is 9.73. The van der Waals surface area contributed by atoms with Crippen LogP contribution < -0.4 is 10.9 Å². The van der Waals surface area contributed by atoms with Crippen molar-refractivity contribution in [2.45, 2.75) is 51.9 Å². The molecule has 0 radical (unpaired) electrons. The fourth-order valence-corrected chi connectivity index (χ4v) is 5.36. The van der Waals surface area contributed by atoms with Crippen molar-refractivity contribution in [3.8, 4) is 5.69 Å². The predicted octanol–water partition coefficient (Wildman–Crippen LogP) is 6.02. The molecule has 0 fully saturated rings. The Balaban J connectivity index is 1.73. The van der Waals surface area contributed by atoms with E-state index < -0.39 is 0 Å². The van der Waals surface area contributed by atoms with Crippen molar-refractivity contribution in [2.75, 3.05) is 0 Å². The lowest BCUT2D eigenvalue weighted by Gasteiger charge is -2.29. The maximum atomic E-state index is 14.2. The number of amides is 1. The van der Waals surface area contributed by atoms with Crippen LogP contribution in [0.15, 0.2) is 102 Å². The number of carbonyl (C=O) groups excluding carboxylic acids is 1. The highest BCUT2D eigenvalue weighted by atomic mass is 16.2. The van der Waals surface area contributed by atoms with E-state index >= 15 is 0 Å². The summed E-state index contributed by atoms with van der Waals surface area (Å²) in [5.41, 5.74) is 2.96. The molecule has 188 valence electrons. The van der Waals surface area contributed by atoms with E-state index in [-0.39, 0.29) is 29.6 Å². The number of nitrogens with zero attached hydrogens (tertiary/aromatic N) is 2. The van der Waals surface area contributed by atoms with Gasteiger partial charge in [0.2, 0.25) is 0 Å². The van der Waals surface area contributed by atoms with Gasteiger partial charge in [0.15, 0.2) is 0 Å². The van der Waals surface area contributed by atoms with Gasteiger partial charge in [0.05, 0.1) is 17.3 Å². The standard InChI is InChI=1S/C32H33N3O2/c1-4-28(24-13-7-5-8-14-24)33-31(36)30-26-17-11-12-18-27(26)32(37)35(25-15-9-6-10-16-25)29(30)21-34-22(2)19-20-23(34)3/h5-20,22-23,28H,4,21H2,1-3H3,(H,33,36)/t22-,23?,28?/m0/s1. The number of hydrogen-bond donors (Lipinski definition) is 1. The lowest BCUT2D eigenvalue weighted by Crippen LogP contribution is -2.38. The van der Waals surface area contributed by atoms with Crippen molar-refractivity contribution in [1.29, 1.82) is 0 Å². The molecule has 5 rings (SSSR count). The summed E-state index contributed by atoms with van der Waals surface area (Å²) >= 11 is 0. The Morgan fingerprint density at radius 1 is 0.838 bits per heavy atom. The van der Waals surface area contributed by atoms with Crippen LogP contribution in [0.2, 0.25) is 0 Å². The molecule has 2 heterocycles. The summed E-state index contributed by atoms with van der Waals surface area (Å²) in [5, 5.41) is 4.51. The van der Waals surface area contributed by atoms with E-state index in [0.29, 0.717) is 28.6 Å². The lowest BCUT2D eigenvalue weighted by atomic mass is 9.99. The molecule has 0 saturated carbocycles. The normalized spacial score (nSPS) is 18.2. The fourth-order valence-electron chi connectivity index (χ4n) is 5.36. The third-order valence-corrected chi connectivity index (χ3v) is 7.39. The second kappa shape index (κ2) is 10.6. The molecule has 2 unspecified atom stereocenters. The second-order valence-corrected chi connectivity index (χ2v) is 9.73. The minimum atomic E-state index is -0.168. The predicted molar refractivity (Wildman–Crippen MR) is 150 cm³/mol. The fraction of sp³-hybridized carbons (Fsp3) is 0.250. The number of rotatable bonds is 7. The quantitative estimate of drug-likeness (QED) is 0.322. The number of para-hydroxylation sites is 1. The average Bonchev–Trinajstić information content (AvgIpc) is 3.25. The van der Waals surface area contributed by atoms with Crippen molar-refractivity contribution in [1.82, 2.24) is 14.8 Å². The molecule has 4 aromatic rings. The number of pyridine rings is 1. The number of aromatic nitrogens is 1. The highest BCUT2D eigenvalue weighted by molar-refractivity contribution is 6.08. The van der Waals surface area contributed by atoms with E-state index in [9.17, 15) is 9.59 Å². The summed E-state index contributed by atoms with van der Waals surface area (Å²) in [4.78, 5) is 30.5. The van der Waals surface area contributed by atoms with Crippen LogP contribution in [0.25, 0.3) is 16.5 Å². The first-order valence-corrected chi connectivity index (χ1v) is 13.0. The van der Waals surface area contributed by atoms with Crippen LogP contribution in [0.4, 0.5) is 0 Å². The molecule has 0 aliphatic carbocycles. The van der Waals surface area contributed by atoms with Crippen LogP contribution in [-0.4, -0.2) is 27.5 Å². The van der Waals surface area contributed by atoms with Crippen molar-refractivity contribution >= 4 is 16.7 Å². The number of carbonyl (C=O) groups is 1. The molecule has 1 aromatic heterocycles. The maximum Gasteiger partial charge on any atom is 0.263 e. The monoisotopic (exact) mass is 491 g/mol. The molecule has 5 heteroatoms. The number of hydrogen-bond acceptors (Lipinski definition) is 3. The van der Waals surface area contributed by atoms with Gasteiger partial charge in [-0.15, -0.1) is 0 Å². The molecule has 0 spiro atoms. The Kier molecular flexibility index (Phi) is 7.06. The molecule has 0 saturated heterocycles. The Labute approximate surface area is 218 Å². The first-order chi connectivity index (χ1) is 18.0. The van der Waals surface area contributed by atoms with Gasteiger partial charge in [-0.3, -0.25) is 19.1 Å². The molecule has 3 atom stereocenters. The van der Waals surface area contributed by atoms with Gasteiger partial charge in [-0.05, 0) is 44.0 Å². The Morgan fingerprint density at radius 3 is 2.03 bits per heavy atom. The summed E-state index contributed by atoms with van der Waals surface area (Å²) in [6, 6.07) is 27.4.